The van der Waals surface area contributed by atoms with Crippen LogP contribution in [0.2, 0.25) is 0 Å². The van der Waals surface area contributed by atoms with Crippen LogP contribution in [0.25, 0.3) is 11.0 Å². The van der Waals surface area contributed by atoms with E-state index in [2.05, 4.69) is 37.6 Å². The molecular weight excluding hydrogens is 320 g/mol. The lowest BCUT2D eigenvalue weighted by Crippen LogP contribution is -2.07. The van der Waals surface area contributed by atoms with Gasteiger partial charge in [-0.1, -0.05) is 13.3 Å². The number of nitrogens with two attached hydrogens (primary N) is 1. The molecule has 9 nitrogen and oxygen atoms in total. The van der Waals surface area contributed by atoms with E-state index in [1.165, 1.54) is 0 Å². The van der Waals surface area contributed by atoms with Gasteiger partial charge >= 0.3 is 0 Å². The predicted molar refractivity (Wildman–Crippen MR) is 96.2 cm³/mol. The van der Waals surface area contributed by atoms with Gasteiger partial charge in [0.15, 0.2) is 11.3 Å². The normalized spacial score (nSPS) is 11.3. The molecule has 0 aromatic carbocycles. The maximum absolute atomic E-state index is 5.82. The maximum atomic E-state index is 5.82. The zero-order valence-electron chi connectivity index (χ0n) is 14.8. The Bertz CT molecular complexity index is 853. The van der Waals surface area contributed by atoms with Crippen LogP contribution in [0.3, 0.4) is 0 Å². The molecule has 0 aliphatic carbocycles. The van der Waals surface area contributed by atoms with Gasteiger partial charge in [0.05, 0.1) is 19.3 Å². The summed E-state index contributed by atoms with van der Waals surface area (Å²) in [5.41, 5.74) is 8.09. The molecule has 0 atom stereocenters. The molecule has 0 saturated carbocycles. The highest BCUT2D eigenvalue weighted by atomic mass is 16.4. The Labute approximate surface area is 146 Å². The van der Waals surface area contributed by atoms with Gasteiger partial charge in [-0.25, -0.2) is 9.97 Å². The lowest BCUT2D eigenvalue weighted by atomic mass is 10.3. The van der Waals surface area contributed by atoms with Crippen LogP contribution in [-0.2, 0) is 13.1 Å². The van der Waals surface area contributed by atoms with Crippen LogP contribution in [0, 0.1) is 6.92 Å². The number of aromatic nitrogens is 5. The molecule has 0 fully saturated rings. The predicted octanol–water partition coefficient (Wildman–Crippen LogP) is 1.68. The average molecular weight is 344 g/mol. The summed E-state index contributed by atoms with van der Waals surface area (Å²) < 4.78 is 7.42. The molecule has 0 bridgehead atoms. The largest absolute Gasteiger partial charge is 0.444 e. The Balaban J connectivity index is 1.86. The van der Waals surface area contributed by atoms with Gasteiger partial charge in [-0.05, 0) is 20.4 Å². The number of hydrogen-bond donors (Lipinski definition) is 3. The van der Waals surface area contributed by atoms with E-state index in [9.17, 15) is 0 Å². The van der Waals surface area contributed by atoms with Gasteiger partial charge in [0.25, 0.3) is 0 Å². The molecule has 3 rings (SSSR count). The third-order valence-corrected chi connectivity index (χ3v) is 3.83. The maximum Gasteiger partial charge on any atom is 0.222 e. The van der Waals surface area contributed by atoms with Crippen molar-refractivity contribution < 1.29 is 4.42 Å². The quantitative estimate of drug-likeness (QED) is 0.528. The molecule has 0 aliphatic rings. The summed E-state index contributed by atoms with van der Waals surface area (Å²) >= 11 is 0. The van der Waals surface area contributed by atoms with Crippen LogP contribution in [0.1, 0.15) is 37.1 Å². The van der Waals surface area contributed by atoms with Crippen LogP contribution in [-0.4, -0.2) is 38.3 Å². The highest BCUT2D eigenvalue weighted by molar-refractivity contribution is 5.85. The van der Waals surface area contributed by atoms with Crippen molar-refractivity contribution >= 4 is 22.8 Å². The number of anilines is 2. The van der Waals surface area contributed by atoms with Crippen molar-refractivity contribution in [2.45, 2.75) is 39.8 Å². The van der Waals surface area contributed by atoms with Gasteiger partial charge in [-0.2, -0.15) is 10.1 Å². The van der Waals surface area contributed by atoms with Crippen molar-refractivity contribution in [3.05, 3.63) is 23.5 Å². The second-order valence-corrected chi connectivity index (χ2v) is 5.91. The van der Waals surface area contributed by atoms with E-state index in [0.29, 0.717) is 35.8 Å². The Morgan fingerprint density at radius 2 is 2.12 bits per heavy atom. The van der Waals surface area contributed by atoms with E-state index in [1.54, 1.807) is 4.68 Å². The third kappa shape index (κ3) is 3.87. The van der Waals surface area contributed by atoms with Gasteiger partial charge < -0.3 is 20.8 Å². The van der Waals surface area contributed by atoms with Crippen LogP contribution < -0.4 is 16.4 Å². The number of nitrogens with zero attached hydrogens (tertiary/aromatic N) is 5. The third-order valence-electron chi connectivity index (χ3n) is 3.83. The van der Waals surface area contributed by atoms with E-state index in [0.717, 1.165) is 30.8 Å². The summed E-state index contributed by atoms with van der Waals surface area (Å²) in [7, 11) is 1.86. The number of hydrogen-bond acceptors (Lipinski definition) is 8. The zero-order chi connectivity index (χ0) is 17.8. The van der Waals surface area contributed by atoms with Gasteiger partial charge in [-0.15, -0.1) is 0 Å². The number of fused-ring (bicyclic) bond motifs is 1. The van der Waals surface area contributed by atoms with Crippen molar-refractivity contribution in [3.8, 4) is 0 Å². The van der Waals surface area contributed by atoms with Crippen LogP contribution in [0.5, 0.6) is 0 Å². The minimum Gasteiger partial charge on any atom is -0.444 e. The molecule has 0 unspecified atom stereocenters. The van der Waals surface area contributed by atoms with Crippen LogP contribution >= 0.6 is 0 Å². The molecule has 0 aliphatic heterocycles. The monoisotopic (exact) mass is 344 g/mol. The molecule has 0 amide bonds. The molecule has 3 aromatic heterocycles. The molecule has 0 saturated heterocycles. The Kier molecular flexibility index (Phi) is 5.13. The van der Waals surface area contributed by atoms with Crippen LogP contribution in [0.4, 0.5) is 11.8 Å². The van der Waals surface area contributed by atoms with Crippen LogP contribution in [0.15, 0.2) is 10.6 Å². The summed E-state index contributed by atoms with van der Waals surface area (Å²) in [6, 6.07) is 0. The minimum atomic E-state index is 0.236. The van der Waals surface area contributed by atoms with Gasteiger partial charge in [0.1, 0.15) is 17.0 Å². The van der Waals surface area contributed by atoms with Crippen molar-refractivity contribution in [1.29, 1.82) is 0 Å². The van der Waals surface area contributed by atoms with E-state index in [1.807, 2.05) is 20.2 Å². The van der Waals surface area contributed by atoms with Gasteiger partial charge in [-0.3, -0.25) is 4.68 Å². The molecular formula is C16H24N8O. The summed E-state index contributed by atoms with van der Waals surface area (Å²) in [6.07, 6.45) is 4.01. The summed E-state index contributed by atoms with van der Waals surface area (Å²) in [6.45, 7) is 5.97. The fourth-order valence-corrected chi connectivity index (χ4v) is 2.58. The number of rotatable bonds is 8. The lowest BCUT2D eigenvalue weighted by Gasteiger charge is -2.05. The Morgan fingerprint density at radius 3 is 2.88 bits per heavy atom. The highest BCUT2D eigenvalue weighted by Crippen LogP contribution is 2.20. The summed E-state index contributed by atoms with van der Waals surface area (Å²) in [5.74, 6) is 2.36. The Hall–Kier alpha value is -2.68. The summed E-state index contributed by atoms with van der Waals surface area (Å²) in [4.78, 5) is 13.0. The molecule has 4 N–H and O–H groups in total. The Morgan fingerprint density at radius 1 is 1.28 bits per heavy atom. The SMILES string of the molecule is CCCCNc1nc(N)nc2cn(Cc3nc(CNC)oc3C)nc12. The molecule has 0 radical (unpaired) electrons. The van der Waals surface area contributed by atoms with Gasteiger partial charge in [0, 0.05) is 6.54 Å². The molecule has 9 heteroatoms. The average Bonchev–Trinajstić information content (AvgIpc) is 3.11. The smallest absolute Gasteiger partial charge is 0.222 e. The van der Waals surface area contributed by atoms with E-state index < -0.39 is 0 Å². The number of nitrogen functional groups attached to an aromatic ring is 1. The zero-order valence-corrected chi connectivity index (χ0v) is 14.8. The van der Waals surface area contributed by atoms with Crippen molar-refractivity contribution in [2.24, 2.45) is 0 Å². The van der Waals surface area contributed by atoms with Crippen molar-refractivity contribution in [1.82, 2.24) is 30.0 Å². The molecule has 0 spiro atoms. The first-order valence-corrected chi connectivity index (χ1v) is 8.45. The molecule has 3 heterocycles. The lowest BCUT2D eigenvalue weighted by molar-refractivity contribution is 0.457. The fourth-order valence-electron chi connectivity index (χ4n) is 2.58. The number of aryl methyl sites for hydroxylation is 1. The van der Waals surface area contributed by atoms with Crippen molar-refractivity contribution in [2.75, 3.05) is 24.6 Å². The van der Waals surface area contributed by atoms with Crippen molar-refractivity contribution in [3.63, 3.8) is 0 Å². The number of nitrogens with one attached hydrogen (secondary N) is 2. The molecule has 25 heavy (non-hydrogen) atoms. The first-order chi connectivity index (χ1) is 12.1. The first-order valence-electron chi connectivity index (χ1n) is 8.45. The number of oxazole rings is 1. The minimum absolute atomic E-state index is 0.236. The topological polar surface area (TPSA) is 120 Å². The highest BCUT2D eigenvalue weighted by Gasteiger charge is 2.14. The fraction of sp³-hybridized carbons (Fsp3) is 0.500. The standard InChI is InChI=1S/C16H24N8O/c1-4-5-6-19-15-14-12(21-16(17)22-15)9-24(23-14)8-11-10(2)25-13(20-11)7-18-3/h9,18H,4-8H2,1-3H3,(H3,17,19,21,22). The van der Waals surface area contributed by atoms with E-state index in [-0.39, 0.29) is 5.95 Å². The second-order valence-electron chi connectivity index (χ2n) is 5.91. The van der Waals surface area contributed by atoms with Gasteiger partial charge in [0.2, 0.25) is 11.8 Å². The van der Waals surface area contributed by atoms with E-state index in [4.69, 9.17) is 10.2 Å². The molecule has 134 valence electrons. The van der Waals surface area contributed by atoms with E-state index >= 15 is 0 Å². The summed E-state index contributed by atoms with van der Waals surface area (Å²) in [5, 5.41) is 10.9. The first kappa shape index (κ1) is 17.2. The second kappa shape index (κ2) is 7.47. The molecule has 3 aromatic rings. The number of unbranched alkanes of at least 4 members (excludes halogenated alkanes) is 1.